The van der Waals surface area contributed by atoms with Gasteiger partial charge in [-0.05, 0) is 44.0 Å². The summed E-state index contributed by atoms with van der Waals surface area (Å²) in [6.07, 6.45) is 0. The molecule has 0 aliphatic heterocycles. The van der Waals surface area contributed by atoms with Crippen LogP contribution in [0.4, 0.5) is 0 Å². The minimum atomic E-state index is 0.965. The van der Waals surface area contributed by atoms with Gasteiger partial charge in [0.25, 0.3) is 0 Å². The molecule has 0 N–H and O–H groups in total. The molecule has 0 saturated carbocycles. The maximum Gasteiger partial charge on any atom is 0.0897 e. The van der Waals surface area contributed by atoms with Gasteiger partial charge in [0, 0.05) is 16.0 Å². The number of thioether (sulfide) groups is 1. The lowest BCUT2D eigenvalue weighted by atomic mass is 10.1. The van der Waals surface area contributed by atoms with Gasteiger partial charge in [0.15, 0.2) is 0 Å². The van der Waals surface area contributed by atoms with Crippen LogP contribution < -0.4 is 0 Å². The first-order valence-electron chi connectivity index (χ1n) is 5.26. The predicted molar refractivity (Wildman–Crippen MR) is 72.3 cm³/mol. The quantitative estimate of drug-likeness (QED) is 0.750. The van der Waals surface area contributed by atoms with Crippen LogP contribution in [0, 0.1) is 20.8 Å². The molecule has 0 aliphatic carbocycles. The van der Waals surface area contributed by atoms with Crippen molar-refractivity contribution in [2.75, 3.05) is 0 Å². The van der Waals surface area contributed by atoms with E-state index in [1.807, 2.05) is 11.8 Å². The van der Waals surface area contributed by atoms with Crippen LogP contribution in [0.3, 0.4) is 0 Å². The Balaban J connectivity index is 2.02. The number of hydrogen-bond acceptors (Lipinski definition) is 3. The summed E-state index contributed by atoms with van der Waals surface area (Å²) in [5.74, 6) is 0.965. The van der Waals surface area contributed by atoms with E-state index in [1.165, 1.54) is 21.7 Å². The number of aromatic nitrogens is 1. The highest BCUT2D eigenvalue weighted by molar-refractivity contribution is 7.98. The summed E-state index contributed by atoms with van der Waals surface area (Å²) >= 11 is 3.57. The Morgan fingerprint density at radius 2 is 2.00 bits per heavy atom. The second-order valence-electron chi connectivity index (χ2n) is 3.89. The van der Waals surface area contributed by atoms with Crippen LogP contribution in [0.1, 0.15) is 21.8 Å². The molecule has 0 atom stereocenters. The Hall–Kier alpha value is -0.800. The second-order valence-corrected chi connectivity index (χ2v) is 6.00. The molecule has 3 heteroatoms. The van der Waals surface area contributed by atoms with E-state index in [0.29, 0.717) is 0 Å². The lowest BCUT2D eigenvalue weighted by Crippen LogP contribution is -1.84. The molecule has 0 saturated heterocycles. The third-order valence-electron chi connectivity index (χ3n) is 2.53. The standard InChI is InChI=1S/C13H15NS2/c1-9-4-5-13(6-10(9)2)16-8-12-7-15-11(3)14-12/h4-7H,8H2,1-3H3. The van der Waals surface area contributed by atoms with Crippen molar-refractivity contribution in [1.29, 1.82) is 0 Å². The average Bonchev–Trinajstić information content (AvgIpc) is 2.66. The summed E-state index contributed by atoms with van der Waals surface area (Å²) in [6, 6.07) is 6.62. The monoisotopic (exact) mass is 249 g/mol. The fourth-order valence-corrected chi connectivity index (χ4v) is 3.04. The number of rotatable bonds is 3. The van der Waals surface area contributed by atoms with Gasteiger partial charge >= 0.3 is 0 Å². The minimum absolute atomic E-state index is 0.965. The van der Waals surface area contributed by atoms with Gasteiger partial charge in [-0.25, -0.2) is 4.98 Å². The Labute approximate surface area is 105 Å². The topological polar surface area (TPSA) is 12.9 Å². The third kappa shape index (κ3) is 2.86. The summed E-state index contributed by atoms with van der Waals surface area (Å²) in [4.78, 5) is 5.79. The highest BCUT2D eigenvalue weighted by Crippen LogP contribution is 2.25. The van der Waals surface area contributed by atoms with Crippen LogP contribution in [-0.4, -0.2) is 4.98 Å². The van der Waals surface area contributed by atoms with Crippen LogP contribution >= 0.6 is 23.1 Å². The normalized spacial score (nSPS) is 10.7. The molecule has 0 radical (unpaired) electrons. The van der Waals surface area contributed by atoms with Crippen LogP contribution in [-0.2, 0) is 5.75 Å². The molecule has 0 bridgehead atoms. The smallest absolute Gasteiger partial charge is 0.0897 e. The Kier molecular flexibility index (Phi) is 3.66. The van der Waals surface area contributed by atoms with Crippen molar-refractivity contribution in [3.8, 4) is 0 Å². The molecule has 0 unspecified atom stereocenters. The van der Waals surface area contributed by atoms with E-state index in [0.717, 1.165) is 10.8 Å². The summed E-state index contributed by atoms with van der Waals surface area (Å²) in [6.45, 7) is 6.36. The molecule has 0 spiro atoms. The van der Waals surface area contributed by atoms with Crippen LogP contribution in [0.5, 0.6) is 0 Å². The van der Waals surface area contributed by atoms with E-state index >= 15 is 0 Å². The fourth-order valence-electron chi connectivity index (χ4n) is 1.44. The van der Waals surface area contributed by atoms with E-state index in [4.69, 9.17) is 0 Å². The average molecular weight is 249 g/mol. The van der Waals surface area contributed by atoms with Gasteiger partial charge in [-0.15, -0.1) is 23.1 Å². The molecule has 0 fully saturated rings. The van der Waals surface area contributed by atoms with E-state index in [9.17, 15) is 0 Å². The fraction of sp³-hybridized carbons (Fsp3) is 0.308. The number of aryl methyl sites for hydroxylation is 3. The molecule has 1 aromatic carbocycles. The summed E-state index contributed by atoms with van der Waals surface area (Å²) in [5.41, 5.74) is 3.90. The number of thiazole rings is 1. The van der Waals surface area contributed by atoms with Gasteiger partial charge < -0.3 is 0 Å². The molecule has 16 heavy (non-hydrogen) atoms. The lowest BCUT2D eigenvalue weighted by molar-refractivity contribution is 1.17. The molecule has 1 nitrogen and oxygen atoms in total. The van der Waals surface area contributed by atoms with Gasteiger partial charge in [0.05, 0.1) is 10.7 Å². The van der Waals surface area contributed by atoms with Gasteiger partial charge in [-0.1, -0.05) is 6.07 Å². The molecule has 1 heterocycles. The molecule has 84 valence electrons. The predicted octanol–water partition coefficient (Wildman–Crippen LogP) is 4.36. The molecule has 0 aliphatic rings. The Morgan fingerprint density at radius 1 is 1.19 bits per heavy atom. The summed E-state index contributed by atoms with van der Waals surface area (Å²) in [5, 5.41) is 3.29. The zero-order valence-electron chi connectivity index (χ0n) is 9.78. The molecule has 2 rings (SSSR count). The number of hydrogen-bond donors (Lipinski definition) is 0. The zero-order valence-corrected chi connectivity index (χ0v) is 11.4. The van der Waals surface area contributed by atoms with E-state index in [1.54, 1.807) is 11.3 Å². The highest BCUT2D eigenvalue weighted by Gasteiger charge is 2.01. The maximum absolute atomic E-state index is 4.46. The maximum atomic E-state index is 4.46. The molecule has 0 amide bonds. The van der Waals surface area contributed by atoms with Crippen LogP contribution in [0.2, 0.25) is 0 Å². The van der Waals surface area contributed by atoms with Crippen LogP contribution in [0.25, 0.3) is 0 Å². The van der Waals surface area contributed by atoms with Gasteiger partial charge in [-0.2, -0.15) is 0 Å². The van der Waals surface area contributed by atoms with Crippen molar-refractivity contribution in [3.63, 3.8) is 0 Å². The van der Waals surface area contributed by atoms with Crippen LogP contribution in [0.15, 0.2) is 28.5 Å². The highest BCUT2D eigenvalue weighted by atomic mass is 32.2. The van der Waals surface area contributed by atoms with Crippen molar-refractivity contribution in [3.05, 3.63) is 45.4 Å². The van der Waals surface area contributed by atoms with Gasteiger partial charge in [0.2, 0.25) is 0 Å². The minimum Gasteiger partial charge on any atom is -0.246 e. The van der Waals surface area contributed by atoms with Crippen molar-refractivity contribution in [1.82, 2.24) is 4.98 Å². The zero-order chi connectivity index (χ0) is 11.5. The molecular formula is C13H15NS2. The largest absolute Gasteiger partial charge is 0.246 e. The van der Waals surface area contributed by atoms with Crippen molar-refractivity contribution in [2.24, 2.45) is 0 Å². The summed E-state index contributed by atoms with van der Waals surface area (Å²) < 4.78 is 0. The first-order chi connectivity index (χ1) is 7.65. The van der Waals surface area contributed by atoms with E-state index in [-0.39, 0.29) is 0 Å². The SMILES string of the molecule is Cc1nc(CSc2ccc(C)c(C)c2)cs1. The lowest BCUT2D eigenvalue weighted by Gasteiger charge is -2.03. The molecule has 2 aromatic rings. The molecule has 1 aromatic heterocycles. The van der Waals surface area contributed by atoms with Crippen molar-refractivity contribution < 1.29 is 0 Å². The number of nitrogens with zero attached hydrogens (tertiary/aromatic N) is 1. The third-order valence-corrected chi connectivity index (χ3v) is 4.38. The summed E-state index contributed by atoms with van der Waals surface area (Å²) in [7, 11) is 0. The van der Waals surface area contributed by atoms with Crippen molar-refractivity contribution in [2.45, 2.75) is 31.4 Å². The number of benzene rings is 1. The first kappa shape index (κ1) is 11.7. The van der Waals surface area contributed by atoms with E-state index in [2.05, 4.69) is 49.3 Å². The first-order valence-corrected chi connectivity index (χ1v) is 7.13. The second kappa shape index (κ2) is 5.02. The Morgan fingerprint density at radius 3 is 2.62 bits per heavy atom. The van der Waals surface area contributed by atoms with E-state index < -0.39 is 0 Å². The van der Waals surface area contributed by atoms with Gasteiger partial charge in [0.1, 0.15) is 0 Å². The van der Waals surface area contributed by atoms with Gasteiger partial charge in [-0.3, -0.25) is 0 Å². The van der Waals surface area contributed by atoms with Crippen molar-refractivity contribution >= 4 is 23.1 Å². The molecular weight excluding hydrogens is 234 g/mol. The Bertz CT molecular complexity index is 488.